The first-order valence-corrected chi connectivity index (χ1v) is 4.12. The highest BCUT2D eigenvalue weighted by Gasteiger charge is 2.22. The molecule has 60 valence electrons. The van der Waals surface area contributed by atoms with Crippen LogP contribution in [-0.4, -0.2) is 35.1 Å². The smallest absolute Gasteiger partial charge is 0.299 e. The Labute approximate surface area is 73.5 Å². The third-order valence-electron chi connectivity index (χ3n) is 1.60. The summed E-state index contributed by atoms with van der Waals surface area (Å²) in [5.74, 6) is 2.13. The Morgan fingerprint density at radius 2 is 2.45 bits per heavy atom. The Balaban J connectivity index is 2.47. The number of carbonyl (C=O) groups excluding carboxylic acids is 1. The molecule has 11 heavy (non-hydrogen) atoms. The molecular weight excluding hydrogens is 210 g/mol. The zero-order chi connectivity index (χ0) is 8.27. The fraction of sp³-hybridized carbons (Fsp3) is 0.571. The van der Waals surface area contributed by atoms with Crippen molar-refractivity contribution in [3.05, 3.63) is 0 Å². The number of carbonyl (C=O) groups is 1. The summed E-state index contributed by atoms with van der Waals surface area (Å²) >= 11 is 2.84. The van der Waals surface area contributed by atoms with Gasteiger partial charge in [-0.05, 0) is 11.3 Å². The summed E-state index contributed by atoms with van der Waals surface area (Å²) in [7, 11) is 0. The normalized spacial score (nSPS) is 22.7. The average Bonchev–Trinajstić information content (AvgIpc) is 2.36. The molecular formula is C7H8BrNO2. The number of β-amino-alcohol motifs (C(OH)–C–C–N with tert-alkyl or cyclic N) is 1. The first kappa shape index (κ1) is 8.57. The highest BCUT2D eigenvalue weighted by atomic mass is 79.9. The zero-order valence-corrected chi connectivity index (χ0v) is 7.47. The number of hydrogen-bond donors (Lipinski definition) is 1. The molecule has 1 aliphatic heterocycles. The minimum atomic E-state index is -0.365. The number of likely N-dealkylation sites (tertiary alicyclic amines) is 1. The van der Waals surface area contributed by atoms with Crippen LogP contribution in [0.1, 0.15) is 6.42 Å². The van der Waals surface area contributed by atoms with Gasteiger partial charge in [0.15, 0.2) is 0 Å². The van der Waals surface area contributed by atoms with Crippen LogP contribution < -0.4 is 0 Å². The summed E-state index contributed by atoms with van der Waals surface area (Å²) in [6.45, 7) is 1.03. The minimum absolute atomic E-state index is 0.224. The Bertz CT molecular complexity index is 218. The van der Waals surface area contributed by atoms with Gasteiger partial charge in [-0.3, -0.25) is 4.79 Å². The first-order valence-electron chi connectivity index (χ1n) is 3.32. The van der Waals surface area contributed by atoms with Crippen LogP contribution >= 0.6 is 15.9 Å². The Kier molecular flexibility index (Phi) is 2.92. The standard InChI is InChI=1S/C7H8BrNO2/c8-3-1-7(11)9-4-2-6(10)5-9/h6,10H,2,4-5H2/t6-/m0/s1. The number of rotatable bonds is 0. The lowest BCUT2D eigenvalue weighted by atomic mass is 10.3. The maximum absolute atomic E-state index is 11.0. The SMILES string of the molecule is O=C(C#CBr)N1CC[C@H](O)C1. The third-order valence-corrected chi connectivity index (χ3v) is 1.80. The largest absolute Gasteiger partial charge is 0.391 e. The second kappa shape index (κ2) is 3.74. The van der Waals surface area contributed by atoms with E-state index in [1.54, 1.807) is 4.90 Å². The average molecular weight is 218 g/mol. The minimum Gasteiger partial charge on any atom is -0.391 e. The molecule has 4 heteroatoms. The van der Waals surface area contributed by atoms with Gasteiger partial charge in [-0.25, -0.2) is 0 Å². The fourth-order valence-electron chi connectivity index (χ4n) is 1.05. The van der Waals surface area contributed by atoms with Gasteiger partial charge in [0, 0.05) is 34.9 Å². The molecule has 1 rings (SSSR count). The van der Waals surface area contributed by atoms with Gasteiger partial charge < -0.3 is 10.0 Å². The number of amides is 1. The molecule has 0 aliphatic carbocycles. The second-order valence-electron chi connectivity index (χ2n) is 2.41. The second-order valence-corrected chi connectivity index (χ2v) is 2.81. The van der Waals surface area contributed by atoms with Gasteiger partial charge in [0.25, 0.3) is 5.91 Å². The molecule has 1 atom stereocenters. The van der Waals surface area contributed by atoms with E-state index in [0.717, 1.165) is 0 Å². The van der Waals surface area contributed by atoms with Gasteiger partial charge in [0.1, 0.15) is 0 Å². The van der Waals surface area contributed by atoms with Crippen LogP contribution in [-0.2, 0) is 4.79 Å². The molecule has 0 spiro atoms. The van der Waals surface area contributed by atoms with E-state index in [0.29, 0.717) is 19.5 Å². The predicted octanol–water partition coefficient (Wildman–Crippen LogP) is -0.0646. The molecule has 0 aromatic rings. The lowest BCUT2D eigenvalue weighted by Crippen LogP contribution is -2.28. The van der Waals surface area contributed by atoms with E-state index in [2.05, 4.69) is 26.7 Å². The van der Waals surface area contributed by atoms with Crippen molar-refractivity contribution in [2.75, 3.05) is 13.1 Å². The maximum Gasteiger partial charge on any atom is 0.299 e. The molecule has 0 unspecified atom stereocenters. The Morgan fingerprint density at radius 3 is 2.91 bits per heavy atom. The van der Waals surface area contributed by atoms with Crippen LogP contribution in [0.4, 0.5) is 0 Å². The van der Waals surface area contributed by atoms with Gasteiger partial charge in [-0.15, -0.1) is 0 Å². The van der Waals surface area contributed by atoms with E-state index in [4.69, 9.17) is 5.11 Å². The Morgan fingerprint density at radius 1 is 1.73 bits per heavy atom. The number of nitrogens with zero attached hydrogens (tertiary/aromatic N) is 1. The fourth-order valence-corrected chi connectivity index (χ4v) is 1.22. The van der Waals surface area contributed by atoms with Crippen molar-refractivity contribution in [1.82, 2.24) is 4.90 Å². The molecule has 1 fully saturated rings. The molecule has 0 aromatic carbocycles. The lowest BCUT2D eigenvalue weighted by molar-refractivity contribution is -0.124. The van der Waals surface area contributed by atoms with Crippen molar-refractivity contribution < 1.29 is 9.90 Å². The van der Waals surface area contributed by atoms with Crippen LogP contribution in [0.5, 0.6) is 0 Å². The van der Waals surface area contributed by atoms with E-state index in [9.17, 15) is 4.79 Å². The quantitative estimate of drug-likeness (QED) is 0.578. The molecule has 3 nitrogen and oxygen atoms in total. The topological polar surface area (TPSA) is 40.5 Å². The molecule has 1 aliphatic rings. The van der Waals surface area contributed by atoms with Gasteiger partial charge in [-0.1, -0.05) is 0 Å². The van der Waals surface area contributed by atoms with Gasteiger partial charge >= 0.3 is 0 Å². The van der Waals surface area contributed by atoms with Crippen LogP contribution in [0.3, 0.4) is 0 Å². The van der Waals surface area contributed by atoms with Crippen molar-refractivity contribution in [2.45, 2.75) is 12.5 Å². The lowest BCUT2D eigenvalue weighted by Gasteiger charge is -2.09. The van der Waals surface area contributed by atoms with Crippen molar-refractivity contribution in [1.29, 1.82) is 0 Å². The molecule has 1 saturated heterocycles. The molecule has 1 heterocycles. The van der Waals surface area contributed by atoms with Gasteiger partial charge in [0.05, 0.1) is 6.10 Å². The van der Waals surface area contributed by atoms with Gasteiger partial charge in [0.2, 0.25) is 0 Å². The van der Waals surface area contributed by atoms with E-state index in [1.165, 1.54) is 0 Å². The Hall–Kier alpha value is -0.530. The molecule has 0 aromatic heterocycles. The molecule has 0 bridgehead atoms. The summed E-state index contributed by atoms with van der Waals surface area (Å²) in [5.41, 5.74) is 0. The zero-order valence-electron chi connectivity index (χ0n) is 5.88. The van der Waals surface area contributed by atoms with Crippen molar-refractivity contribution in [2.24, 2.45) is 0 Å². The number of aliphatic hydroxyl groups excluding tert-OH is 1. The monoisotopic (exact) mass is 217 g/mol. The van der Waals surface area contributed by atoms with Crippen LogP contribution in [0.2, 0.25) is 0 Å². The summed E-state index contributed by atoms with van der Waals surface area (Å²) in [6, 6.07) is 0. The van der Waals surface area contributed by atoms with Crippen molar-refractivity contribution >= 4 is 21.8 Å². The summed E-state index contributed by atoms with van der Waals surface area (Å²) in [5, 5.41) is 9.06. The maximum atomic E-state index is 11.0. The van der Waals surface area contributed by atoms with E-state index >= 15 is 0 Å². The van der Waals surface area contributed by atoms with E-state index < -0.39 is 0 Å². The summed E-state index contributed by atoms with van der Waals surface area (Å²) in [6.07, 6.45) is 0.298. The van der Waals surface area contributed by atoms with Gasteiger partial charge in [-0.2, -0.15) is 0 Å². The van der Waals surface area contributed by atoms with Crippen LogP contribution in [0.25, 0.3) is 0 Å². The molecule has 1 amide bonds. The number of aliphatic hydroxyl groups is 1. The van der Waals surface area contributed by atoms with Crippen molar-refractivity contribution in [3.63, 3.8) is 0 Å². The highest BCUT2D eigenvalue weighted by Crippen LogP contribution is 2.07. The number of hydrogen-bond acceptors (Lipinski definition) is 2. The molecule has 0 saturated carbocycles. The number of halogens is 1. The van der Waals surface area contributed by atoms with Crippen LogP contribution in [0.15, 0.2) is 0 Å². The molecule has 0 radical (unpaired) electrons. The van der Waals surface area contributed by atoms with Crippen molar-refractivity contribution in [3.8, 4) is 10.8 Å². The highest BCUT2D eigenvalue weighted by molar-refractivity contribution is 9.12. The van der Waals surface area contributed by atoms with Crippen LogP contribution in [0, 0.1) is 10.8 Å². The molecule has 1 N–H and O–H groups in total. The van der Waals surface area contributed by atoms with E-state index in [1.807, 2.05) is 0 Å². The summed E-state index contributed by atoms with van der Waals surface area (Å²) < 4.78 is 0. The van der Waals surface area contributed by atoms with E-state index in [-0.39, 0.29) is 12.0 Å². The third kappa shape index (κ3) is 2.21. The first-order chi connectivity index (χ1) is 5.24. The summed E-state index contributed by atoms with van der Waals surface area (Å²) in [4.78, 5) is 14.9. The predicted molar refractivity (Wildman–Crippen MR) is 43.9 cm³/mol.